The van der Waals surface area contributed by atoms with Gasteiger partial charge in [0.05, 0.1) is 22.8 Å². The monoisotopic (exact) mass is 371 g/mol. The SMILES string of the molecule is Cc1nn(C)c(Cl)c1/C=C/C(=O)NC(c1nc2ccccc2[nH]1)C(C)C. The number of nitrogens with one attached hydrogen (secondary N) is 2. The van der Waals surface area contributed by atoms with E-state index in [1.54, 1.807) is 17.8 Å². The summed E-state index contributed by atoms with van der Waals surface area (Å²) in [7, 11) is 1.77. The third-order valence-corrected chi connectivity index (χ3v) is 4.71. The number of imidazole rings is 1. The molecule has 136 valence electrons. The fourth-order valence-electron chi connectivity index (χ4n) is 2.87. The first kappa shape index (κ1) is 18.2. The van der Waals surface area contributed by atoms with Crippen molar-refractivity contribution in [3.63, 3.8) is 0 Å². The first-order valence-electron chi connectivity index (χ1n) is 8.49. The van der Waals surface area contributed by atoms with Crippen LogP contribution in [0.4, 0.5) is 0 Å². The molecule has 3 aromatic rings. The second-order valence-electron chi connectivity index (χ2n) is 6.62. The first-order valence-corrected chi connectivity index (χ1v) is 8.87. The van der Waals surface area contributed by atoms with Gasteiger partial charge in [0.2, 0.25) is 5.91 Å². The highest BCUT2D eigenvalue weighted by molar-refractivity contribution is 6.31. The Hall–Kier alpha value is -2.60. The molecule has 3 rings (SSSR count). The van der Waals surface area contributed by atoms with Crippen LogP contribution in [0.1, 0.15) is 37.0 Å². The van der Waals surface area contributed by atoms with Gasteiger partial charge in [-0.3, -0.25) is 9.48 Å². The summed E-state index contributed by atoms with van der Waals surface area (Å²) in [4.78, 5) is 20.3. The smallest absolute Gasteiger partial charge is 0.244 e. The van der Waals surface area contributed by atoms with Crippen molar-refractivity contribution in [2.45, 2.75) is 26.8 Å². The van der Waals surface area contributed by atoms with Crippen LogP contribution < -0.4 is 5.32 Å². The molecule has 0 bridgehead atoms. The molecule has 1 aromatic carbocycles. The molecule has 0 spiro atoms. The Morgan fingerprint density at radius 2 is 2.08 bits per heavy atom. The molecule has 6 nitrogen and oxygen atoms in total. The van der Waals surface area contributed by atoms with Gasteiger partial charge in [0.1, 0.15) is 11.0 Å². The Bertz CT molecular complexity index is 937. The lowest BCUT2D eigenvalue weighted by molar-refractivity contribution is -0.117. The van der Waals surface area contributed by atoms with Crippen LogP contribution in [0.2, 0.25) is 5.15 Å². The number of carbonyl (C=O) groups is 1. The molecule has 1 amide bonds. The zero-order valence-electron chi connectivity index (χ0n) is 15.2. The fourth-order valence-corrected chi connectivity index (χ4v) is 3.10. The number of fused-ring (bicyclic) bond motifs is 1. The molecule has 2 aromatic heterocycles. The molecule has 0 fully saturated rings. The van der Waals surface area contributed by atoms with E-state index in [9.17, 15) is 4.79 Å². The molecule has 0 saturated carbocycles. The van der Waals surface area contributed by atoms with Crippen molar-refractivity contribution >= 4 is 34.6 Å². The number of rotatable bonds is 5. The van der Waals surface area contributed by atoms with Gasteiger partial charge in [-0.15, -0.1) is 0 Å². The molecule has 0 radical (unpaired) electrons. The van der Waals surface area contributed by atoms with Gasteiger partial charge >= 0.3 is 0 Å². The highest BCUT2D eigenvalue weighted by Crippen LogP contribution is 2.23. The third kappa shape index (κ3) is 3.65. The topological polar surface area (TPSA) is 75.6 Å². The zero-order valence-corrected chi connectivity index (χ0v) is 16.0. The maximum Gasteiger partial charge on any atom is 0.244 e. The molecule has 26 heavy (non-hydrogen) atoms. The van der Waals surface area contributed by atoms with Crippen molar-refractivity contribution in [2.24, 2.45) is 13.0 Å². The quantitative estimate of drug-likeness (QED) is 0.670. The van der Waals surface area contributed by atoms with Crippen LogP contribution in [-0.4, -0.2) is 25.7 Å². The Labute approximate surface area is 157 Å². The second-order valence-corrected chi connectivity index (χ2v) is 6.97. The zero-order chi connectivity index (χ0) is 18.8. The van der Waals surface area contributed by atoms with Gasteiger partial charge in [-0.05, 0) is 31.1 Å². The van der Waals surface area contributed by atoms with Crippen LogP contribution in [0, 0.1) is 12.8 Å². The summed E-state index contributed by atoms with van der Waals surface area (Å²) in [5.41, 5.74) is 3.36. The lowest BCUT2D eigenvalue weighted by Crippen LogP contribution is -2.31. The number of aryl methyl sites for hydroxylation is 2. The van der Waals surface area contributed by atoms with E-state index < -0.39 is 0 Å². The predicted octanol–water partition coefficient (Wildman–Crippen LogP) is 3.78. The van der Waals surface area contributed by atoms with E-state index in [1.807, 2.05) is 45.0 Å². The second kappa shape index (κ2) is 7.33. The molecule has 0 saturated heterocycles. The van der Waals surface area contributed by atoms with Crippen molar-refractivity contribution in [2.75, 3.05) is 0 Å². The molecule has 0 aliphatic rings. The number of halogens is 1. The molecular formula is C19H22ClN5O. The van der Waals surface area contributed by atoms with Crippen LogP contribution >= 0.6 is 11.6 Å². The van der Waals surface area contributed by atoms with Crippen LogP contribution in [0.25, 0.3) is 17.1 Å². The predicted molar refractivity (Wildman–Crippen MR) is 104 cm³/mol. The lowest BCUT2D eigenvalue weighted by Gasteiger charge is -2.19. The molecule has 0 aliphatic carbocycles. The van der Waals surface area contributed by atoms with Gasteiger partial charge in [0.15, 0.2) is 0 Å². The number of amides is 1. The van der Waals surface area contributed by atoms with E-state index in [0.717, 1.165) is 28.1 Å². The third-order valence-electron chi connectivity index (χ3n) is 4.26. The highest BCUT2D eigenvalue weighted by Gasteiger charge is 2.21. The molecule has 1 atom stereocenters. The summed E-state index contributed by atoms with van der Waals surface area (Å²) < 4.78 is 1.58. The molecule has 0 aliphatic heterocycles. The average molecular weight is 372 g/mol. The van der Waals surface area contributed by atoms with Gasteiger partial charge < -0.3 is 10.3 Å². The van der Waals surface area contributed by atoms with Crippen molar-refractivity contribution in [1.29, 1.82) is 0 Å². The average Bonchev–Trinajstić information content (AvgIpc) is 3.12. The van der Waals surface area contributed by atoms with Gasteiger partial charge in [0, 0.05) is 18.7 Å². The maximum atomic E-state index is 12.4. The number of H-pyrrole nitrogens is 1. The van der Waals surface area contributed by atoms with E-state index >= 15 is 0 Å². The van der Waals surface area contributed by atoms with Gasteiger partial charge in [0.25, 0.3) is 0 Å². The minimum absolute atomic E-state index is 0.177. The normalized spacial score (nSPS) is 13.0. The van der Waals surface area contributed by atoms with E-state index in [4.69, 9.17) is 11.6 Å². The minimum Gasteiger partial charge on any atom is -0.342 e. The fraction of sp³-hybridized carbons (Fsp3) is 0.316. The van der Waals surface area contributed by atoms with Gasteiger partial charge in [-0.1, -0.05) is 37.6 Å². The van der Waals surface area contributed by atoms with Crippen molar-refractivity contribution in [3.05, 3.63) is 52.6 Å². The summed E-state index contributed by atoms with van der Waals surface area (Å²) in [5, 5.41) is 7.76. The number of carbonyl (C=O) groups excluding carboxylic acids is 1. The summed E-state index contributed by atoms with van der Waals surface area (Å²) in [6, 6.07) is 7.60. The van der Waals surface area contributed by atoms with Crippen molar-refractivity contribution < 1.29 is 4.79 Å². The molecular weight excluding hydrogens is 350 g/mol. The largest absolute Gasteiger partial charge is 0.342 e. The summed E-state index contributed by atoms with van der Waals surface area (Å²) >= 11 is 6.20. The Morgan fingerprint density at radius 1 is 1.35 bits per heavy atom. The number of aromatic nitrogens is 4. The number of para-hydroxylation sites is 2. The Kier molecular flexibility index (Phi) is 5.13. The minimum atomic E-state index is -0.218. The van der Waals surface area contributed by atoms with Crippen LogP contribution in [0.5, 0.6) is 0 Å². The molecule has 2 N–H and O–H groups in total. The number of hydrogen-bond acceptors (Lipinski definition) is 3. The number of benzene rings is 1. The number of nitrogens with zero attached hydrogens (tertiary/aromatic N) is 3. The lowest BCUT2D eigenvalue weighted by atomic mass is 10.0. The first-order chi connectivity index (χ1) is 12.4. The van der Waals surface area contributed by atoms with Crippen molar-refractivity contribution in [3.8, 4) is 0 Å². The number of hydrogen-bond donors (Lipinski definition) is 2. The van der Waals surface area contributed by atoms with Crippen LogP contribution in [0.3, 0.4) is 0 Å². The molecule has 1 unspecified atom stereocenters. The van der Waals surface area contributed by atoms with Crippen molar-refractivity contribution in [1.82, 2.24) is 25.1 Å². The van der Waals surface area contributed by atoms with Crippen LogP contribution in [-0.2, 0) is 11.8 Å². The molecule has 7 heteroatoms. The van der Waals surface area contributed by atoms with Gasteiger partial charge in [-0.2, -0.15) is 5.10 Å². The summed E-state index contributed by atoms with van der Waals surface area (Å²) in [6.07, 6.45) is 3.17. The molecule has 2 heterocycles. The van der Waals surface area contributed by atoms with E-state index in [-0.39, 0.29) is 17.9 Å². The Morgan fingerprint density at radius 3 is 2.69 bits per heavy atom. The standard InChI is InChI=1S/C19H22ClN5O/c1-11(2)17(19-21-14-7-5-6-8-15(14)22-19)23-16(26)10-9-13-12(3)24-25(4)18(13)20/h5-11,17H,1-4H3,(H,21,22)(H,23,26)/b10-9+. The van der Waals surface area contributed by atoms with Gasteiger partial charge in [-0.25, -0.2) is 4.98 Å². The van der Waals surface area contributed by atoms with E-state index in [2.05, 4.69) is 20.4 Å². The summed E-state index contributed by atoms with van der Waals surface area (Å²) in [5.74, 6) is 0.721. The van der Waals surface area contributed by atoms with E-state index in [1.165, 1.54) is 6.08 Å². The highest BCUT2D eigenvalue weighted by atomic mass is 35.5. The summed E-state index contributed by atoms with van der Waals surface area (Å²) in [6.45, 7) is 5.95. The van der Waals surface area contributed by atoms with E-state index in [0.29, 0.717) is 5.15 Å². The maximum absolute atomic E-state index is 12.4. The van der Waals surface area contributed by atoms with Crippen LogP contribution in [0.15, 0.2) is 30.3 Å². The number of aromatic amines is 1. The Balaban J connectivity index is 1.79.